The third-order valence-electron chi connectivity index (χ3n) is 4.93. The third-order valence-corrected chi connectivity index (χ3v) is 6.85. The van der Waals surface area contributed by atoms with E-state index < -0.39 is 62.7 Å². The Balaban J connectivity index is 1.90. The van der Waals surface area contributed by atoms with Crippen molar-refractivity contribution in [3.63, 3.8) is 0 Å². The van der Waals surface area contributed by atoms with E-state index in [2.05, 4.69) is 10.1 Å². The van der Waals surface area contributed by atoms with Gasteiger partial charge in [0.1, 0.15) is 28.6 Å². The molecule has 14 heteroatoms. The Bertz CT molecular complexity index is 1310. The lowest BCUT2D eigenvalue weighted by Gasteiger charge is -2.25. The second kappa shape index (κ2) is 11.8. The molecule has 0 spiro atoms. The van der Waals surface area contributed by atoms with Crippen LogP contribution in [0.15, 0.2) is 41.3 Å². The van der Waals surface area contributed by atoms with Crippen molar-refractivity contribution in [3.8, 4) is 5.75 Å². The molecule has 1 aliphatic heterocycles. The predicted molar refractivity (Wildman–Crippen MR) is 130 cm³/mol. The van der Waals surface area contributed by atoms with E-state index in [1.165, 1.54) is 25.3 Å². The van der Waals surface area contributed by atoms with E-state index in [-0.39, 0.29) is 10.4 Å². The monoisotopic (exact) mass is 547 g/mol. The van der Waals surface area contributed by atoms with Crippen LogP contribution in [0.5, 0.6) is 5.75 Å². The molecule has 2 unspecified atom stereocenters. The van der Waals surface area contributed by atoms with Crippen LogP contribution in [0.1, 0.15) is 35.3 Å². The molecule has 198 valence electrons. The van der Waals surface area contributed by atoms with Crippen molar-refractivity contribution in [2.75, 3.05) is 6.56 Å². The Hall–Kier alpha value is -2.41. The number of hydrogen-bond acceptors (Lipinski definition) is 9. The van der Waals surface area contributed by atoms with Gasteiger partial charge in [-0.3, -0.25) is 18.9 Å². The topological polar surface area (TPSA) is 141 Å². The average molecular weight is 548 g/mol. The summed E-state index contributed by atoms with van der Waals surface area (Å²) < 4.78 is 67.6. The van der Waals surface area contributed by atoms with Crippen LogP contribution in [0.25, 0.3) is 0 Å². The van der Waals surface area contributed by atoms with Gasteiger partial charge in [0.05, 0.1) is 15.4 Å². The van der Waals surface area contributed by atoms with Gasteiger partial charge < -0.3 is 19.1 Å². The maximum Gasteiger partial charge on any atom is 0.459 e. The number of hydrogen-bond donors (Lipinski definition) is 3. The van der Waals surface area contributed by atoms with Crippen molar-refractivity contribution < 1.29 is 40.1 Å². The number of aromatic amines is 1. The van der Waals surface area contributed by atoms with Crippen molar-refractivity contribution in [2.24, 2.45) is 0 Å². The Labute approximate surface area is 214 Å². The van der Waals surface area contributed by atoms with Crippen LogP contribution in [0.3, 0.4) is 0 Å². The summed E-state index contributed by atoms with van der Waals surface area (Å²) in [6.45, 7) is 2.91. The van der Waals surface area contributed by atoms with E-state index in [0.717, 1.165) is 4.57 Å². The van der Waals surface area contributed by atoms with Gasteiger partial charge >= 0.3 is 19.4 Å². The van der Waals surface area contributed by atoms with Crippen LogP contribution in [0.4, 0.5) is 4.39 Å². The first-order chi connectivity index (χ1) is 17.6. The molecule has 1 aliphatic rings. The molecule has 1 saturated heterocycles. The molecule has 3 N–H and O–H groups in total. The van der Waals surface area contributed by atoms with Crippen molar-refractivity contribution in [1.82, 2.24) is 14.6 Å². The van der Waals surface area contributed by atoms with Crippen LogP contribution >= 0.6 is 20.0 Å². The lowest BCUT2D eigenvalue weighted by molar-refractivity contribution is -0.149. The first-order valence-electron chi connectivity index (χ1n) is 12.0. The number of benzene rings is 1. The number of nitrogens with zero attached hydrogens (tertiary/aromatic N) is 1. The zero-order chi connectivity index (χ0) is 28.4. The number of nitrogens with one attached hydrogen (secondary N) is 2. The van der Waals surface area contributed by atoms with E-state index in [1.54, 1.807) is 39.0 Å². The van der Waals surface area contributed by atoms with E-state index in [9.17, 15) is 19.3 Å². The number of carbonyl (C=O) groups excluding carboxylic acids is 1. The maximum atomic E-state index is 15.1. The van der Waals surface area contributed by atoms with E-state index in [1.807, 2.05) is 0 Å². The first kappa shape index (κ1) is 25.2. The van der Waals surface area contributed by atoms with Gasteiger partial charge in [-0.25, -0.2) is 13.8 Å². The maximum absolute atomic E-state index is 15.1. The molecule has 1 aromatic heterocycles. The van der Waals surface area contributed by atoms with Crippen molar-refractivity contribution >= 4 is 25.9 Å². The summed E-state index contributed by atoms with van der Waals surface area (Å²) in [7, 11) is -4.76. The summed E-state index contributed by atoms with van der Waals surface area (Å²) in [5.41, 5.74) is -0.445. The zero-order valence-electron chi connectivity index (χ0n) is 21.9. The summed E-state index contributed by atoms with van der Waals surface area (Å²) in [5.74, 6) is -0.822. The van der Waals surface area contributed by atoms with Crippen molar-refractivity contribution in [2.45, 2.75) is 64.4 Å². The number of rotatable bonds is 10. The Kier molecular flexibility index (Phi) is 8.25. The number of alkyl halides is 1. The molecule has 11 nitrogen and oxygen atoms in total. The van der Waals surface area contributed by atoms with Gasteiger partial charge in [0, 0.05) is 11.8 Å². The quantitative estimate of drug-likeness (QED) is 0.231. The molecule has 0 saturated carbocycles. The normalized spacial score (nSPS) is 25.5. The van der Waals surface area contributed by atoms with Gasteiger partial charge in [0.15, 0.2) is 12.4 Å². The Morgan fingerprint density at radius 1 is 1.39 bits per heavy atom. The highest BCUT2D eigenvalue weighted by atomic mass is 32.1. The third kappa shape index (κ3) is 6.87. The van der Waals surface area contributed by atoms with Crippen LogP contribution in [-0.4, -0.2) is 57.7 Å². The van der Waals surface area contributed by atoms with E-state index in [4.69, 9.17) is 33.5 Å². The zero-order valence-corrected chi connectivity index (χ0v) is 21.6. The number of H-pyrrole nitrogens is 1. The fourth-order valence-electron chi connectivity index (χ4n) is 3.17. The number of para-hydroxylation sites is 1. The molecule has 2 heterocycles. The molecular weight excluding hydrogens is 516 g/mol. The highest BCUT2D eigenvalue weighted by molar-refractivity contribution is 7.71. The highest BCUT2D eigenvalue weighted by Crippen LogP contribution is 2.46. The van der Waals surface area contributed by atoms with E-state index >= 15 is 4.39 Å². The second-order valence-corrected chi connectivity index (χ2v) is 10.3. The van der Waals surface area contributed by atoms with Gasteiger partial charge in [-0.05, 0) is 39.8 Å². The van der Waals surface area contributed by atoms with Crippen LogP contribution < -0.4 is 15.3 Å². The molecule has 0 radical (unpaired) electrons. The van der Waals surface area contributed by atoms with Crippen LogP contribution in [-0.2, 0) is 23.4 Å². The first-order valence-corrected chi connectivity index (χ1v) is 12.9. The van der Waals surface area contributed by atoms with Crippen molar-refractivity contribution in [1.29, 1.82) is 0 Å². The molecule has 6 atom stereocenters. The SMILES string of the molecule is [2H]C([2H])(OP(=O)(N[C@@H](C)C(=O)OC(C)C)Oc1ccccc1)[C@@H]1O[C@H](n2cc(C)c(=S)[nH]c2=O)[C@H](F)C1O. The van der Waals surface area contributed by atoms with E-state index in [0.29, 0.717) is 5.56 Å². The lowest BCUT2D eigenvalue weighted by atomic mass is 10.1. The standard InChI is InChI=1S/C22H29FN3O8PS/c1-12(2)32-21(28)14(4)25-35(30,34-15-8-6-5-7-9-15)31-11-16-18(27)17(23)20(33-16)26-10-13(3)19(36)24-22(26)29/h5-10,12,14,16-18,20,27H,11H2,1-4H3,(H,25,30)(H,24,29,36)/t14-,16-,17+,18?,20-,35?/m0/s1/i11D2. The molecule has 2 aromatic rings. The fourth-order valence-corrected chi connectivity index (χ4v) is 4.67. The molecule has 0 aliphatic carbocycles. The minimum atomic E-state index is -4.76. The number of carbonyl (C=O) groups is 1. The Morgan fingerprint density at radius 3 is 2.69 bits per heavy atom. The molecular formula is C22H29FN3O8PS. The molecule has 0 bridgehead atoms. The second-order valence-electron chi connectivity index (χ2n) is 8.31. The van der Waals surface area contributed by atoms with Gasteiger partial charge in [-0.2, -0.15) is 5.09 Å². The molecule has 3 rings (SSSR count). The van der Waals surface area contributed by atoms with Gasteiger partial charge in [-0.15, -0.1) is 0 Å². The molecule has 36 heavy (non-hydrogen) atoms. The minimum Gasteiger partial charge on any atom is -0.462 e. The fraction of sp³-hybridized carbons (Fsp3) is 0.500. The number of aliphatic hydroxyl groups is 1. The minimum absolute atomic E-state index is 0.000683. The predicted octanol–water partition coefficient (Wildman–Crippen LogP) is 2.94. The van der Waals surface area contributed by atoms with Gasteiger partial charge in [0.2, 0.25) is 0 Å². The van der Waals surface area contributed by atoms with Crippen LogP contribution in [0.2, 0.25) is 0 Å². The summed E-state index contributed by atoms with van der Waals surface area (Å²) >= 11 is 4.98. The lowest BCUT2D eigenvalue weighted by Crippen LogP contribution is -2.37. The van der Waals surface area contributed by atoms with Crippen molar-refractivity contribution in [3.05, 3.63) is 57.2 Å². The average Bonchev–Trinajstić information content (AvgIpc) is 3.11. The number of aryl methyl sites for hydroxylation is 1. The molecule has 0 amide bonds. The number of esters is 1. The van der Waals surface area contributed by atoms with Crippen LogP contribution in [0, 0.1) is 11.6 Å². The number of aliphatic hydroxyl groups excluding tert-OH is 1. The summed E-state index contributed by atoms with van der Waals surface area (Å²) in [6.07, 6.45) is -7.52. The number of ether oxygens (including phenoxy) is 2. The highest BCUT2D eigenvalue weighted by Gasteiger charge is 2.47. The molecule has 1 fully saturated rings. The molecule has 1 aromatic carbocycles. The number of aromatic nitrogens is 2. The van der Waals surface area contributed by atoms with Gasteiger partial charge in [0.25, 0.3) is 0 Å². The summed E-state index contributed by atoms with van der Waals surface area (Å²) in [4.78, 5) is 27.0. The van der Waals surface area contributed by atoms with Gasteiger partial charge in [-0.1, -0.05) is 30.4 Å². The number of halogens is 1. The summed E-state index contributed by atoms with van der Waals surface area (Å²) in [5, 5.41) is 12.8. The summed E-state index contributed by atoms with van der Waals surface area (Å²) in [6, 6.07) is 6.29. The smallest absolute Gasteiger partial charge is 0.459 e. The Morgan fingerprint density at radius 2 is 2.06 bits per heavy atom. The largest absolute Gasteiger partial charge is 0.462 e.